The molecule has 1 unspecified atom stereocenters. The molecule has 5 nitrogen and oxygen atoms in total. The number of benzene rings is 1. The Morgan fingerprint density at radius 2 is 2.05 bits per heavy atom. The fourth-order valence-electron chi connectivity index (χ4n) is 1.48. The van der Waals surface area contributed by atoms with Gasteiger partial charge in [0.25, 0.3) is 0 Å². The quantitative estimate of drug-likeness (QED) is 0.663. The number of rotatable bonds is 9. The molecular formula is C14H21FN2O3. The third-order valence-corrected chi connectivity index (χ3v) is 2.51. The van der Waals surface area contributed by atoms with E-state index in [-0.39, 0.29) is 24.4 Å². The van der Waals surface area contributed by atoms with E-state index in [1.165, 1.54) is 12.1 Å². The first-order chi connectivity index (χ1) is 9.61. The van der Waals surface area contributed by atoms with Crippen LogP contribution in [0.15, 0.2) is 24.3 Å². The Morgan fingerprint density at radius 3 is 2.70 bits per heavy atom. The number of hydrogen-bond donors (Lipinski definition) is 2. The molecule has 0 saturated heterocycles. The molecule has 6 heteroatoms. The lowest BCUT2D eigenvalue weighted by Crippen LogP contribution is -2.39. The predicted molar refractivity (Wildman–Crippen MR) is 74.2 cm³/mol. The lowest BCUT2D eigenvalue weighted by molar-refractivity contribution is -0.120. The second kappa shape index (κ2) is 9.28. The van der Waals surface area contributed by atoms with Gasteiger partial charge < -0.3 is 20.1 Å². The van der Waals surface area contributed by atoms with Crippen LogP contribution in [0, 0.1) is 5.82 Å². The maximum absolute atomic E-state index is 12.7. The third kappa shape index (κ3) is 7.06. The van der Waals surface area contributed by atoms with Crippen LogP contribution in [-0.4, -0.2) is 45.4 Å². The Balaban J connectivity index is 2.17. The molecule has 2 N–H and O–H groups in total. The summed E-state index contributed by atoms with van der Waals surface area (Å²) in [7, 11) is 1.61. The van der Waals surface area contributed by atoms with Gasteiger partial charge in [-0.3, -0.25) is 4.79 Å². The maximum Gasteiger partial charge on any atom is 0.234 e. The van der Waals surface area contributed by atoms with Crippen LogP contribution < -0.4 is 15.4 Å². The number of halogens is 1. The fourth-order valence-corrected chi connectivity index (χ4v) is 1.48. The van der Waals surface area contributed by atoms with Crippen molar-refractivity contribution < 1.29 is 18.7 Å². The molecule has 1 rings (SSSR count). The van der Waals surface area contributed by atoms with Crippen molar-refractivity contribution >= 4 is 5.91 Å². The zero-order chi connectivity index (χ0) is 14.8. The molecule has 0 aliphatic rings. The minimum absolute atomic E-state index is 0.101. The monoisotopic (exact) mass is 284 g/mol. The first-order valence-corrected chi connectivity index (χ1v) is 6.50. The van der Waals surface area contributed by atoms with Crippen molar-refractivity contribution in [3.05, 3.63) is 30.1 Å². The summed E-state index contributed by atoms with van der Waals surface area (Å²) in [4.78, 5) is 11.5. The van der Waals surface area contributed by atoms with Gasteiger partial charge in [0, 0.05) is 13.7 Å². The average molecular weight is 284 g/mol. The van der Waals surface area contributed by atoms with Gasteiger partial charge in [-0.2, -0.15) is 0 Å². The van der Waals surface area contributed by atoms with E-state index >= 15 is 0 Å². The largest absolute Gasteiger partial charge is 0.489 e. The smallest absolute Gasteiger partial charge is 0.234 e. The van der Waals surface area contributed by atoms with Gasteiger partial charge in [0.2, 0.25) is 5.91 Å². The summed E-state index contributed by atoms with van der Waals surface area (Å²) in [6, 6.07) is 5.78. The molecule has 0 bridgehead atoms. The van der Waals surface area contributed by atoms with E-state index in [1.54, 1.807) is 19.2 Å². The Kier molecular flexibility index (Phi) is 7.60. The SMILES string of the molecule is COCCNCC(=O)NCC(C)Oc1ccc(F)cc1. The van der Waals surface area contributed by atoms with Crippen LogP contribution in [0.3, 0.4) is 0 Å². The van der Waals surface area contributed by atoms with Crippen molar-refractivity contribution in [2.24, 2.45) is 0 Å². The van der Waals surface area contributed by atoms with Gasteiger partial charge in [0.05, 0.1) is 19.7 Å². The van der Waals surface area contributed by atoms with Gasteiger partial charge in [0.1, 0.15) is 17.7 Å². The van der Waals surface area contributed by atoms with Crippen LogP contribution in [0.1, 0.15) is 6.92 Å². The molecule has 0 aliphatic heterocycles. The van der Waals surface area contributed by atoms with E-state index in [4.69, 9.17) is 9.47 Å². The molecule has 0 fully saturated rings. The standard InChI is InChI=1S/C14H21FN2O3/c1-11(20-13-5-3-12(15)4-6-13)9-17-14(18)10-16-7-8-19-2/h3-6,11,16H,7-10H2,1-2H3,(H,17,18). The summed E-state index contributed by atoms with van der Waals surface area (Å²) in [5.41, 5.74) is 0. The number of carbonyl (C=O) groups is 1. The summed E-state index contributed by atoms with van der Waals surface area (Å²) >= 11 is 0. The van der Waals surface area contributed by atoms with Crippen molar-refractivity contribution in [1.82, 2.24) is 10.6 Å². The number of carbonyl (C=O) groups excluding carboxylic acids is 1. The Hall–Kier alpha value is -1.66. The van der Waals surface area contributed by atoms with E-state index in [1.807, 2.05) is 6.92 Å². The predicted octanol–water partition coefficient (Wildman–Crippen LogP) is 0.945. The highest BCUT2D eigenvalue weighted by molar-refractivity contribution is 5.77. The second-order valence-electron chi connectivity index (χ2n) is 4.36. The Morgan fingerprint density at radius 1 is 1.35 bits per heavy atom. The van der Waals surface area contributed by atoms with Gasteiger partial charge in [0.15, 0.2) is 0 Å². The summed E-state index contributed by atoms with van der Waals surface area (Å²) in [5.74, 6) is 0.169. The first-order valence-electron chi connectivity index (χ1n) is 6.50. The molecule has 1 atom stereocenters. The van der Waals surface area contributed by atoms with Gasteiger partial charge >= 0.3 is 0 Å². The van der Waals surface area contributed by atoms with E-state index < -0.39 is 0 Å². The minimum atomic E-state index is -0.305. The summed E-state index contributed by atoms with van der Waals surface area (Å²) in [6.45, 7) is 3.67. The molecule has 1 aromatic carbocycles. The highest BCUT2D eigenvalue weighted by atomic mass is 19.1. The van der Waals surface area contributed by atoms with Crippen molar-refractivity contribution in [1.29, 1.82) is 0 Å². The molecule has 0 saturated carbocycles. The van der Waals surface area contributed by atoms with E-state index in [2.05, 4.69) is 10.6 Å². The molecule has 0 radical (unpaired) electrons. The first kappa shape index (κ1) is 16.4. The van der Waals surface area contributed by atoms with E-state index in [0.29, 0.717) is 25.4 Å². The van der Waals surface area contributed by atoms with Crippen LogP contribution in [0.5, 0.6) is 5.75 Å². The van der Waals surface area contributed by atoms with Crippen molar-refractivity contribution in [2.45, 2.75) is 13.0 Å². The highest BCUT2D eigenvalue weighted by Gasteiger charge is 2.06. The average Bonchev–Trinajstić information content (AvgIpc) is 2.44. The van der Waals surface area contributed by atoms with Crippen molar-refractivity contribution in [3.8, 4) is 5.75 Å². The molecule has 0 aromatic heterocycles. The lowest BCUT2D eigenvalue weighted by Gasteiger charge is -2.15. The third-order valence-electron chi connectivity index (χ3n) is 2.51. The summed E-state index contributed by atoms with van der Waals surface area (Å²) in [5, 5.41) is 5.70. The molecule has 0 heterocycles. The second-order valence-corrected chi connectivity index (χ2v) is 4.36. The molecule has 0 spiro atoms. The van der Waals surface area contributed by atoms with Crippen molar-refractivity contribution in [3.63, 3.8) is 0 Å². The zero-order valence-electron chi connectivity index (χ0n) is 11.8. The van der Waals surface area contributed by atoms with Crippen molar-refractivity contribution in [2.75, 3.05) is 33.4 Å². The van der Waals surface area contributed by atoms with Gasteiger partial charge in [-0.05, 0) is 31.2 Å². The fraction of sp³-hybridized carbons (Fsp3) is 0.500. The minimum Gasteiger partial charge on any atom is -0.489 e. The van der Waals surface area contributed by atoms with Crippen LogP contribution >= 0.6 is 0 Å². The molecule has 112 valence electrons. The summed E-state index contributed by atoms with van der Waals surface area (Å²) < 4.78 is 23.1. The van der Waals surface area contributed by atoms with E-state index in [0.717, 1.165) is 0 Å². The Bertz CT molecular complexity index is 398. The van der Waals surface area contributed by atoms with Crippen LogP contribution in [0.25, 0.3) is 0 Å². The summed E-state index contributed by atoms with van der Waals surface area (Å²) in [6.07, 6.45) is -0.191. The lowest BCUT2D eigenvalue weighted by atomic mass is 10.3. The number of methoxy groups -OCH3 is 1. The zero-order valence-corrected chi connectivity index (χ0v) is 11.8. The molecule has 1 amide bonds. The van der Waals surface area contributed by atoms with Gasteiger partial charge in [-0.1, -0.05) is 0 Å². The number of ether oxygens (including phenoxy) is 2. The normalized spacial score (nSPS) is 11.9. The molecule has 20 heavy (non-hydrogen) atoms. The van der Waals surface area contributed by atoms with Crippen LogP contribution in [0.4, 0.5) is 4.39 Å². The maximum atomic E-state index is 12.7. The van der Waals surface area contributed by atoms with E-state index in [9.17, 15) is 9.18 Å². The molecular weight excluding hydrogens is 263 g/mol. The highest BCUT2D eigenvalue weighted by Crippen LogP contribution is 2.12. The van der Waals surface area contributed by atoms with Gasteiger partial charge in [-0.25, -0.2) is 4.39 Å². The Labute approximate surface area is 118 Å². The number of nitrogens with one attached hydrogen (secondary N) is 2. The van der Waals surface area contributed by atoms with Gasteiger partial charge in [-0.15, -0.1) is 0 Å². The van der Waals surface area contributed by atoms with Crippen LogP contribution in [0.2, 0.25) is 0 Å². The van der Waals surface area contributed by atoms with Crippen LogP contribution in [-0.2, 0) is 9.53 Å². The number of hydrogen-bond acceptors (Lipinski definition) is 4. The topological polar surface area (TPSA) is 59.6 Å². The number of amides is 1. The molecule has 0 aliphatic carbocycles. The molecule has 1 aromatic rings.